The number of hydrogen-bond acceptors (Lipinski definition) is 3. The molecule has 0 heterocycles. The molecule has 0 unspecified atom stereocenters. The van der Waals surface area contributed by atoms with Gasteiger partial charge in [-0.25, -0.2) is 8.42 Å². The van der Waals surface area contributed by atoms with Crippen molar-refractivity contribution in [2.24, 2.45) is 0 Å². The second-order valence-corrected chi connectivity index (χ2v) is 8.17. The van der Waals surface area contributed by atoms with E-state index < -0.39 is 9.84 Å². The van der Waals surface area contributed by atoms with E-state index in [0.717, 1.165) is 11.1 Å². The van der Waals surface area contributed by atoms with E-state index in [4.69, 9.17) is 0 Å². The average Bonchev–Trinajstić information content (AvgIpc) is 2.57. The minimum Gasteiger partial charge on any atom is -0.356 e. The van der Waals surface area contributed by atoms with E-state index in [1.807, 2.05) is 60.7 Å². The summed E-state index contributed by atoms with van der Waals surface area (Å²) in [6, 6.07) is 19.9. The minimum atomic E-state index is -2.98. The molecule has 0 saturated carbocycles. The third-order valence-corrected chi connectivity index (χ3v) is 4.84. The van der Waals surface area contributed by atoms with Gasteiger partial charge in [0.25, 0.3) is 0 Å². The van der Waals surface area contributed by atoms with E-state index in [-0.39, 0.29) is 17.6 Å². The van der Waals surface area contributed by atoms with Crippen LogP contribution in [-0.4, -0.2) is 32.9 Å². The van der Waals surface area contributed by atoms with Gasteiger partial charge in [0.2, 0.25) is 5.91 Å². The fraction of sp³-hybridized carbons (Fsp3) is 0.316. The summed E-state index contributed by atoms with van der Waals surface area (Å²) < 4.78 is 22.2. The predicted octanol–water partition coefficient (Wildman–Crippen LogP) is 2.76. The molecule has 2 aromatic rings. The number of amides is 1. The van der Waals surface area contributed by atoms with Gasteiger partial charge in [0.05, 0.1) is 5.75 Å². The molecule has 0 atom stereocenters. The van der Waals surface area contributed by atoms with Crippen LogP contribution in [0.3, 0.4) is 0 Å². The average molecular weight is 345 g/mol. The van der Waals surface area contributed by atoms with Crippen LogP contribution in [0.15, 0.2) is 60.7 Å². The fourth-order valence-electron chi connectivity index (χ4n) is 2.62. The van der Waals surface area contributed by atoms with Gasteiger partial charge in [-0.3, -0.25) is 4.79 Å². The lowest BCUT2D eigenvalue weighted by Crippen LogP contribution is -2.27. The van der Waals surface area contributed by atoms with E-state index in [1.54, 1.807) is 0 Å². The van der Waals surface area contributed by atoms with Crippen LogP contribution in [0.5, 0.6) is 0 Å². The van der Waals surface area contributed by atoms with Gasteiger partial charge in [-0.15, -0.1) is 0 Å². The quantitative estimate of drug-likeness (QED) is 0.748. The van der Waals surface area contributed by atoms with Crippen LogP contribution in [0.25, 0.3) is 0 Å². The Morgan fingerprint density at radius 3 is 1.92 bits per heavy atom. The molecular weight excluding hydrogens is 322 g/mol. The van der Waals surface area contributed by atoms with E-state index >= 15 is 0 Å². The standard InChI is InChI=1S/C19H23NO3S/c1-24(22,23)14-8-13-20-19(21)15-18(16-9-4-2-5-10-16)17-11-6-3-7-12-17/h2-7,9-12,18H,8,13-15H2,1H3,(H,20,21). The SMILES string of the molecule is CS(=O)(=O)CCCNC(=O)CC(c1ccccc1)c1ccccc1. The molecule has 1 N–H and O–H groups in total. The van der Waals surface area contributed by atoms with Crippen LogP contribution in [0.2, 0.25) is 0 Å². The highest BCUT2D eigenvalue weighted by Gasteiger charge is 2.17. The highest BCUT2D eigenvalue weighted by molar-refractivity contribution is 7.90. The number of carbonyl (C=O) groups excluding carboxylic acids is 1. The maximum Gasteiger partial charge on any atom is 0.220 e. The molecule has 0 aromatic heterocycles. The minimum absolute atomic E-state index is 0.0118. The number of hydrogen-bond donors (Lipinski definition) is 1. The zero-order chi connectivity index (χ0) is 17.4. The molecule has 0 saturated heterocycles. The van der Waals surface area contributed by atoms with Crippen LogP contribution in [0.4, 0.5) is 0 Å². The normalized spacial score (nSPS) is 11.4. The molecular formula is C19H23NO3S. The fourth-order valence-corrected chi connectivity index (χ4v) is 3.29. The molecule has 2 aromatic carbocycles. The molecule has 0 radical (unpaired) electrons. The molecule has 0 aliphatic carbocycles. The van der Waals surface area contributed by atoms with Crippen molar-refractivity contribution < 1.29 is 13.2 Å². The lowest BCUT2D eigenvalue weighted by atomic mass is 9.88. The van der Waals surface area contributed by atoms with Gasteiger partial charge in [0, 0.05) is 25.1 Å². The van der Waals surface area contributed by atoms with Crippen molar-refractivity contribution in [2.45, 2.75) is 18.8 Å². The van der Waals surface area contributed by atoms with E-state index in [9.17, 15) is 13.2 Å². The molecule has 128 valence electrons. The Balaban J connectivity index is 2.00. The van der Waals surface area contributed by atoms with Gasteiger partial charge < -0.3 is 5.32 Å². The summed E-state index contributed by atoms with van der Waals surface area (Å²) in [6.45, 7) is 0.377. The molecule has 0 aliphatic heterocycles. The first kappa shape index (κ1) is 18.2. The van der Waals surface area contributed by atoms with Crippen molar-refractivity contribution >= 4 is 15.7 Å². The number of rotatable bonds is 8. The lowest BCUT2D eigenvalue weighted by Gasteiger charge is -2.18. The van der Waals surface area contributed by atoms with Crippen LogP contribution >= 0.6 is 0 Å². The molecule has 0 spiro atoms. The summed E-state index contributed by atoms with van der Waals surface area (Å²) in [5.74, 6) is 0.0113. The van der Waals surface area contributed by atoms with Crippen molar-refractivity contribution in [2.75, 3.05) is 18.6 Å². The lowest BCUT2D eigenvalue weighted by molar-refractivity contribution is -0.121. The van der Waals surface area contributed by atoms with Crippen molar-refractivity contribution in [3.63, 3.8) is 0 Å². The van der Waals surface area contributed by atoms with E-state index in [0.29, 0.717) is 19.4 Å². The number of nitrogens with one attached hydrogen (secondary N) is 1. The largest absolute Gasteiger partial charge is 0.356 e. The van der Waals surface area contributed by atoms with Crippen molar-refractivity contribution in [1.29, 1.82) is 0 Å². The summed E-state index contributed by atoms with van der Waals surface area (Å²) in [6.07, 6.45) is 1.98. The molecule has 24 heavy (non-hydrogen) atoms. The summed E-state index contributed by atoms with van der Waals surface area (Å²) in [7, 11) is -2.98. The molecule has 0 fully saturated rings. The zero-order valence-corrected chi connectivity index (χ0v) is 14.6. The maximum absolute atomic E-state index is 12.3. The van der Waals surface area contributed by atoms with Gasteiger partial charge in [0.1, 0.15) is 9.84 Å². The van der Waals surface area contributed by atoms with Crippen molar-refractivity contribution in [1.82, 2.24) is 5.32 Å². The Kier molecular flexibility index (Phi) is 6.55. The Labute approximate surface area is 143 Å². The second kappa shape index (κ2) is 8.64. The molecule has 0 aliphatic rings. The van der Waals surface area contributed by atoms with Crippen LogP contribution < -0.4 is 5.32 Å². The smallest absolute Gasteiger partial charge is 0.220 e. The number of carbonyl (C=O) groups is 1. The first-order valence-corrected chi connectivity index (χ1v) is 10.1. The van der Waals surface area contributed by atoms with Crippen LogP contribution in [0, 0.1) is 0 Å². The van der Waals surface area contributed by atoms with E-state index in [1.165, 1.54) is 6.26 Å². The molecule has 0 bridgehead atoms. The van der Waals surface area contributed by atoms with Gasteiger partial charge in [-0.2, -0.15) is 0 Å². The first-order chi connectivity index (χ1) is 11.5. The van der Waals surface area contributed by atoms with Crippen LogP contribution in [0.1, 0.15) is 29.9 Å². The summed E-state index contributed by atoms with van der Waals surface area (Å²) in [5.41, 5.74) is 2.19. The van der Waals surface area contributed by atoms with Crippen molar-refractivity contribution in [3.05, 3.63) is 71.8 Å². The maximum atomic E-state index is 12.3. The monoisotopic (exact) mass is 345 g/mol. The summed E-state index contributed by atoms with van der Waals surface area (Å²) in [4.78, 5) is 12.3. The predicted molar refractivity (Wildman–Crippen MR) is 96.7 cm³/mol. The summed E-state index contributed by atoms with van der Waals surface area (Å²) >= 11 is 0. The zero-order valence-electron chi connectivity index (χ0n) is 13.8. The van der Waals surface area contributed by atoms with E-state index in [2.05, 4.69) is 5.32 Å². The Morgan fingerprint density at radius 2 is 1.46 bits per heavy atom. The Bertz CT molecular complexity index is 703. The Morgan fingerprint density at radius 1 is 0.958 bits per heavy atom. The first-order valence-electron chi connectivity index (χ1n) is 8.00. The molecule has 5 heteroatoms. The molecule has 2 rings (SSSR count). The number of sulfone groups is 1. The third kappa shape index (κ3) is 6.16. The van der Waals surface area contributed by atoms with Gasteiger partial charge in [-0.05, 0) is 17.5 Å². The third-order valence-electron chi connectivity index (χ3n) is 3.81. The van der Waals surface area contributed by atoms with Crippen LogP contribution in [-0.2, 0) is 14.6 Å². The topological polar surface area (TPSA) is 63.2 Å². The summed E-state index contributed by atoms with van der Waals surface area (Å²) in [5, 5.41) is 2.82. The second-order valence-electron chi connectivity index (χ2n) is 5.91. The Hall–Kier alpha value is -2.14. The highest BCUT2D eigenvalue weighted by atomic mass is 32.2. The van der Waals surface area contributed by atoms with Gasteiger partial charge >= 0.3 is 0 Å². The number of benzene rings is 2. The van der Waals surface area contributed by atoms with Gasteiger partial charge in [0.15, 0.2) is 0 Å². The highest BCUT2D eigenvalue weighted by Crippen LogP contribution is 2.27. The molecule has 4 nitrogen and oxygen atoms in total. The van der Waals surface area contributed by atoms with Crippen molar-refractivity contribution in [3.8, 4) is 0 Å². The van der Waals surface area contributed by atoms with Gasteiger partial charge in [-0.1, -0.05) is 60.7 Å². The molecule has 1 amide bonds.